The largest absolute Gasteiger partial charge is 0.473 e. The minimum absolute atomic E-state index is 0.0972. The van der Waals surface area contributed by atoms with E-state index in [0.29, 0.717) is 55.7 Å². The molecule has 0 saturated carbocycles. The molecule has 16 nitrogen and oxygen atoms in total. The lowest BCUT2D eigenvalue weighted by molar-refractivity contribution is -0.384. The van der Waals surface area contributed by atoms with Crippen molar-refractivity contribution in [3.05, 3.63) is 111 Å². The first-order valence-corrected chi connectivity index (χ1v) is 24.4. The fourth-order valence-corrected chi connectivity index (χ4v) is 10.4. The molecule has 5 aromatic rings. The van der Waals surface area contributed by atoms with Crippen LogP contribution in [0.1, 0.15) is 62.4 Å². The summed E-state index contributed by atoms with van der Waals surface area (Å²) in [5.41, 5.74) is 6.71. The van der Waals surface area contributed by atoms with Crippen LogP contribution in [-0.2, 0) is 19.5 Å². The van der Waals surface area contributed by atoms with Gasteiger partial charge >= 0.3 is 0 Å². The molecule has 66 heavy (non-hydrogen) atoms. The Morgan fingerprint density at radius 2 is 1.80 bits per heavy atom. The van der Waals surface area contributed by atoms with E-state index in [-0.39, 0.29) is 35.4 Å². The highest BCUT2D eigenvalue weighted by molar-refractivity contribution is 7.90. The number of rotatable bonds is 12. The standard InChI is InChI=1S/C48H55ClN8O8S/c1-31-14-17-56(44-24-33-13-16-50-45(33)52-47(44)65-31)42-25-36(55-20-18-54(19-21-55)29-34-12-15-48(2,3)27-40(34)32-4-6-35(49)7-5-32)8-10-39(42)46(58)53-66(61,62)38-9-11-41(43(26-38)57(59)60)51-28-37-30-63-22-23-64-37/h4-11,13,16,24-26,31,37,51H,12,14-15,17-23,27-30H2,1-3H3,(H,50,52)(H,53,58)/t31-,37-/m0/s1. The van der Waals surface area contributed by atoms with E-state index in [1.807, 2.05) is 48.2 Å². The van der Waals surface area contributed by atoms with Gasteiger partial charge < -0.3 is 34.3 Å². The number of nitro groups is 1. The first-order valence-electron chi connectivity index (χ1n) is 22.5. The molecule has 3 N–H and O–H groups in total. The minimum atomic E-state index is -4.60. The number of piperazine rings is 1. The maximum Gasteiger partial charge on any atom is 0.293 e. The molecule has 2 saturated heterocycles. The summed E-state index contributed by atoms with van der Waals surface area (Å²) < 4.78 is 47.5. The van der Waals surface area contributed by atoms with E-state index in [0.717, 1.165) is 74.1 Å². The lowest BCUT2D eigenvalue weighted by Gasteiger charge is -2.39. The van der Waals surface area contributed by atoms with Crippen LogP contribution in [0.25, 0.3) is 16.6 Å². The van der Waals surface area contributed by atoms with E-state index >= 15 is 0 Å². The number of hydrogen-bond donors (Lipinski definition) is 3. The number of hydrogen-bond acceptors (Lipinski definition) is 13. The summed E-state index contributed by atoms with van der Waals surface area (Å²) in [4.78, 5) is 40.2. The molecule has 9 rings (SSSR count). The third-order valence-electron chi connectivity index (χ3n) is 13.0. The van der Waals surface area contributed by atoms with E-state index in [1.54, 1.807) is 12.3 Å². The van der Waals surface area contributed by atoms with Crippen molar-refractivity contribution in [3.8, 4) is 5.88 Å². The van der Waals surface area contributed by atoms with Gasteiger partial charge in [-0.3, -0.25) is 19.8 Å². The van der Waals surface area contributed by atoms with Crippen molar-refractivity contribution in [1.29, 1.82) is 0 Å². The van der Waals surface area contributed by atoms with Crippen molar-refractivity contribution >= 4 is 72.6 Å². The second kappa shape index (κ2) is 18.9. The van der Waals surface area contributed by atoms with Gasteiger partial charge in [0.05, 0.1) is 53.1 Å². The Morgan fingerprint density at radius 1 is 1.00 bits per heavy atom. The molecule has 5 heterocycles. The molecule has 0 bridgehead atoms. The Labute approximate surface area is 389 Å². The number of fused-ring (bicyclic) bond motifs is 2. The fourth-order valence-electron chi connectivity index (χ4n) is 9.29. The van der Waals surface area contributed by atoms with Crippen molar-refractivity contribution in [2.75, 3.05) is 80.8 Å². The van der Waals surface area contributed by atoms with Crippen LogP contribution in [0.2, 0.25) is 5.02 Å². The first kappa shape index (κ1) is 45.4. The van der Waals surface area contributed by atoms with Crippen LogP contribution in [0.5, 0.6) is 5.88 Å². The molecule has 1 amide bonds. The van der Waals surface area contributed by atoms with Crippen LogP contribution in [0, 0.1) is 15.5 Å². The summed E-state index contributed by atoms with van der Waals surface area (Å²) in [7, 11) is -4.60. The lowest BCUT2D eigenvalue weighted by atomic mass is 9.72. The predicted octanol–water partition coefficient (Wildman–Crippen LogP) is 8.17. The molecule has 4 aliphatic rings. The number of sulfonamides is 1. The van der Waals surface area contributed by atoms with Gasteiger partial charge in [0.25, 0.3) is 21.6 Å². The number of H-pyrrole nitrogens is 1. The van der Waals surface area contributed by atoms with Gasteiger partial charge in [-0.15, -0.1) is 0 Å². The molecule has 18 heteroatoms. The molecule has 2 aromatic heterocycles. The van der Waals surface area contributed by atoms with Gasteiger partial charge in [-0.2, -0.15) is 4.98 Å². The Kier molecular flexibility index (Phi) is 13.0. The molecule has 0 spiro atoms. The van der Waals surface area contributed by atoms with Gasteiger partial charge in [0.1, 0.15) is 17.0 Å². The maximum absolute atomic E-state index is 14.4. The molecule has 0 radical (unpaired) electrons. The Hall–Kier alpha value is -5.72. The van der Waals surface area contributed by atoms with Crippen molar-refractivity contribution < 1.29 is 32.3 Å². The highest BCUT2D eigenvalue weighted by atomic mass is 35.5. The molecule has 3 aliphatic heterocycles. The third-order valence-corrected chi connectivity index (χ3v) is 14.6. The van der Waals surface area contributed by atoms with Gasteiger partial charge in [0.15, 0.2) is 0 Å². The fraction of sp³-hybridized carbons (Fsp3) is 0.417. The SMILES string of the molecule is C[C@H]1CCN(c2cc(N3CCN(CC4=C(c5ccc(Cl)cc5)CC(C)(C)CC4)CC3)ccc2C(=O)NS(=O)(=O)c2ccc(NC[C@H]3COCCO3)c([N+](=O)[O-])c2)c2cc3cc[nH]c3nc2O1. The highest BCUT2D eigenvalue weighted by Gasteiger charge is 2.33. The number of nitro benzene ring substituents is 1. The molecular formula is C48H55ClN8O8S. The van der Waals surface area contributed by atoms with Crippen LogP contribution in [0.3, 0.4) is 0 Å². The van der Waals surface area contributed by atoms with Gasteiger partial charge in [0, 0.05) is 80.6 Å². The van der Waals surface area contributed by atoms with Crippen LogP contribution < -0.4 is 24.6 Å². The summed E-state index contributed by atoms with van der Waals surface area (Å²) >= 11 is 6.27. The second-order valence-corrected chi connectivity index (χ2v) is 20.4. The molecule has 0 unspecified atom stereocenters. The third kappa shape index (κ3) is 10.0. The topological polar surface area (TPSA) is 185 Å². The summed E-state index contributed by atoms with van der Waals surface area (Å²) in [5.74, 6) is -0.508. The molecule has 3 aromatic carbocycles. The van der Waals surface area contributed by atoms with E-state index in [2.05, 4.69) is 50.8 Å². The smallest absolute Gasteiger partial charge is 0.293 e. The van der Waals surface area contributed by atoms with Crippen LogP contribution >= 0.6 is 11.6 Å². The molecule has 348 valence electrons. The zero-order valence-corrected chi connectivity index (χ0v) is 38.9. The predicted molar refractivity (Wildman–Crippen MR) is 256 cm³/mol. The van der Waals surface area contributed by atoms with Gasteiger partial charge in [0.2, 0.25) is 5.88 Å². The number of amides is 1. The number of nitrogens with zero attached hydrogens (tertiary/aromatic N) is 5. The number of nitrogens with one attached hydrogen (secondary N) is 3. The molecule has 1 aliphatic carbocycles. The Bertz CT molecular complexity index is 2770. The minimum Gasteiger partial charge on any atom is -0.473 e. The number of benzene rings is 3. The summed E-state index contributed by atoms with van der Waals surface area (Å²) in [6.07, 6.45) is 5.05. The summed E-state index contributed by atoms with van der Waals surface area (Å²) in [6, 6.07) is 21.0. The van der Waals surface area contributed by atoms with E-state index in [4.69, 9.17) is 30.8 Å². The summed E-state index contributed by atoms with van der Waals surface area (Å²) in [5, 5.41) is 16.7. The van der Waals surface area contributed by atoms with E-state index < -0.39 is 31.4 Å². The Morgan fingerprint density at radius 3 is 2.56 bits per heavy atom. The van der Waals surface area contributed by atoms with Crippen LogP contribution in [0.15, 0.2) is 89.5 Å². The number of halogens is 1. The average molecular weight is 940 g/mol. The van der Waals surface area contributed by atoms with Crippen LogP contribution in [-0.4, -0.2) is 112 Å². The van der Waals surface area contributed by atoms with Crippen molar-refractivity contribution in [2.45, 2.75) is 63.6 Å². The van der Waals surface area contributed by atoms with E-state index in [9.17, 15) is 23.3 Å². The average Bonchev–Trinajstić information content (AvgIpc) is 3.70. The van der Waals surface area contributed by atoms with Crippen molar-refractivity contribution in [1.82, 2.24) is 19.6 Å². The monoisotopic (exact) mass is 938 g/mol. The maximum atomic E-state index is 14.4. The summed E-state index contributed by atoms with van der Waals surface area (Å²) in [6.45, 7) is 12.5. The number of allylic oxidation sites excluding steroid dienone is 1. The second-order valence-electron chi connectivity index (χ2n) is 18.3. The molecular weight excluding hydrogens is 884 g/mol. The number of carbonyl (C=O) groups is 1. The van der Waals surface area contributed by atoms with Gasteiger partial charge in [-0.05, 0) is 97.3 Å². The van der Waals surface area contributed by atoms with E-state index in [1.165, 1.54) is 28.8 Å². The first-order chi connectivity index (χ1) is 31.7. The zero-order valence-electron chi connectivity index (χ0n) is 37.3. The van der Waals surface area contributed by atoms with Crippen molar-refractivity contribution in [3.63, 3.8) is 0 Å². The highest BCUT2D eigenvalue weighted by Crippen LogP contribution is 2.44. The molecule has 2 fully saturated rings. The van der Waals surface area contributed by atoms with Gasteiger partial charge in [-0.25, -0.2) is 13.1 Å². The quantitative estimate of drug-likeness (QED) is 0.0805. The van der Waals surface area contributed by atoms with Crippen LogP contribution in [0.4, 0.5) is 28.4 Å². The number of aromatic nitrogens is 2. The molecule has 2 atom stereocenters. The lowest BCUT2D eigenvalue weighted by Crippen LogP contribution is -2.47. The Balaban J connectivity index is 0.996. The zero-order chi connectivity index (χ0) is 46.2. The number of anilines is 4. The van der Waals surface area contributed by atoms with Gasteiger partial charge in [-0.1, -0.05) is 43.2 Å². The number of ether oxygens (including phenoxy) is 3. The number of aromatic amines is 1. The van der Waals surface area contributed by atoms with Crippen molar-refractivity contribution in [2.24, 2.45) is 5.41 Å². The normalized spacial score (nSPS) is 20.4. The number of carbonyl (C=O) groups excluding carboxylic acids is 1. The number of pyridine rings is 1.